The second-order valence-corrected chi connectivity index (χ2v) is 8.61. The van der Waals surface area contributed by atoms with Crippen LogP contribution in [0.1, 0.15) is 30.4 Å². The number of carboxylic acids is 1. The Bertz CT molecular complexity index is 1140. The fourth-order valence-electron chi connectivity index (χ4n) is 4.34. The summed E-state index contributed by atoms with van der Waals surface area (Å²) < 4.78 is 16.8. The fourth-order valence-corrected chi connectivity index (χ4v) is 4.34. The molecule has 1 aromatic heterocycles. The number of hydrogen-bond donors (Lipinski definition) is 1. The van der Waals surface area contributed by atoms with Crippen LogP contribution in [-0.2, 0) is 22.4 Å². The average molecular weight is 479 g/mol. The zero-order valence-electron chi connectivity index (χ0n) is 20.0. The summed E-state index contributed by atoms with van der Waals surface area (Å²) >= 11 is 0. The van der Waals surface area contributed by atoms with E-state index in [9.17, 15) is 14.7 Å². The molecule has 1 fully saturated rings. The maximum atomic E-state index is 12.3. The quantitative estimate of drug-likeness (QED) is 0.474. The number of aryl methyl sites for hydroxylation is 1. The molecule has 0 aliphatic carbocycles. The van der Waals surface area contributed by atoms with E-state index < -0.39 is 18.0 Å². The van der Waals surface area contributed by atoms with Gasteiger partial charge in [-0.3, -0.25) is 4.79 Å². The van der Waals surface area contributed by atoms with Crippen molar-refractivity contribution in [1.82, 2.24) is 9.88 Å². The number of ether oxygens (including phenoxy) is 2. The van der Waals surface area contributed by atoms with E-state index in [1.165, 1.54) is 4.90 Å². The normalized spacial score (nSPS) is 17.4. The monoisotopic (exact) mass is 478 g/mol. The molecule has 1 aliphatic heterocycles. The Morgan fingerprint density at radius 1 is 1.14 bits per heavy atom. The van der Waals surface area contributed by atoms with Gasteiger partial charge in [0.15, 0.2) is 0 Å². The highest BCUT2D eigenvalue weighted by Crippen LogP contribution is 2.28. The van der Waals surface area contributed by atoms with Crippen molar-refractivity contribution < 1.29 is 28.6 Å². The fraction of sp³-hybridized carbons (Fsp3) is 0.370. The maximum absolute atomic E-state index is 12.3. The molecule has 35 heavy (non-hydrogen) atoms. The molecule has 1 saturated heterocycles. The Hall–Kier alpha value is -3.81. The van der Waals surface area contributed by atoms with Crippen LogP contribution in [-0.4, -0.2) is 52.9 Å². The molecule has 2 atom stereocenters. The first kappa shape index (κ1) is 24.3. The van der Waals surface area contributed by atoms with Crippen LogP contribution in [0.5, 0.6) is 5.75 Å². The minimum atomic E-state index is -0.885. The van der Waals surface area contributed by atoms with Gasteiger partial charge >= 0.3 is 12.1 Å². The van der Waals surface area contributed by atoms with Crippen molar-refractivity contribution >= 4 is 12.1 Å². The number of oxazole rings is 1. The molecule has 2 aromatic carbocycles. The first-order valence-corrected chi connectivity index (χ1v) is 11.8. The molecule has 0 spiro atoms. The van der Waals surface area contributed by atoms with E-state index in [2.05, 4.69) is 4.98 Å². The van der Waals surface area contributed by atoms with Gasteiger partial charge in [-0.2, -0.15) is 0 Å². The SMILES string of the molecule is CCOC(=O)N1C[C@@H](C(=O)O)C[C@H]1Cc1ccc(OCCc2nc(-c3ccccc3)oc2C)cc1. The summed E-state index contributed by atoms with van der Waals surface area (Å²) in [7, 11) is 0. The van der Waals surface area contributed by atoms with Crippen molar-refractivity contribution in [3.05, 3.63) is 71.6 Å². The van der Waals surface area contributed by atoms with Crippen LogP contribution in [0.15, 0.2) is 59.0 Å². The molecule has 3 aromatic rings. The first-order valence-electron chi connectivity index (χ1n) is 11.8. The lowest BCUT2D eigenvalue weighted by molar-refractivity contribution is -0.141. The summed E-state index contributed by atoms with van der Waals surface area (Å²) in [5, 5.41) is 9.40. The van der Waals surface area contributed by atoms with Crippen molar-refractivity contribution in [2.75, 3.05) is 19.8 Å². The molecular formula is C27H30N2O6. The molecule has 4 rings (SSSR count). The molecule has 0 saturated carbocycles. The lowest BCUT2D eigenvalue weighted by atomic mass is 10.00. The molecule has 1 aliphatic rings. The molecular weight excluding hydrogens is 448 g/mol. The van der Waals surface area contributed by atoms with Gasteiger partial charge in [-0.05, 0) is 56.5 Å². The van der Waals surface area contributed by atoms with E-state index in [0.717, 1.165) is 28.3 Å². The number of aliphatic carboxylic acids is 1. The third-order valence-electron chi connectivity index (χ3n) is 6.18. The summed E-state index contributed by atoms with van der Waals surface area (Å²) in [6, 6.07) is 17.2. The average Bonchev–Trinajstić information content (AvgIpc) is 3.45. The summed E-state index contributed by atoms with van der Waals surface area (Å²) in [6.45, 7) is 4.53. The van der Waals surface area contributed by atoms with Gasteiger partial charge in [-0.1, -0.05) is 30.3 Å². The minimum Gasteiger partial charge on any atom is -0.493 e. The Morgan fingerprint density at radius 3 is 2.57 bits per heavy atom. The second-order valence-electron chi connectivity index (χ2n) is 8.61. The van der Waals surface area contributed by atoms with Crippen LogP contribution in [0.2, 0.25) is 0 Å². The van der Waals surface area contributed by atoms with Crippen molar-refractivity contribution in [3.63, 3.8) is 0 Å². The molecule has 0 bridgehead atoms. The van der Waals surface area contributed by atoms with Crippen LogP contribution < -0.4 is 4.74 Å². The summed E-state index contributed by atoms with van der Waals surface area (Å²) in [5.74, 6) is 0.662. The Morgan fingerprint density at radius 2 is 1.89 bits per heavy atom. The predicted molar refractivity (Wildman–Crippen MR) is 129 cm³/mol. The van der Waals surface area contributed by atoms with Gasteiger partial charge < -0.3 is 23.9 Å². The summed E-state index contributed by atoms with van der Waals surface area (Å²) in [5.41, 5.74) is 2.81. The topological polar surface area (TPSA) is 102 Å². The van der Waals surface area contributed by atoms with Crippen LogP contribution in [0.25, 0.3) is 11.5 Å². The van der Waals surface area contributed by atoms with Crippen molar-refractivity contribution in [2.45, 2.75) is 39.2 Å². The predicted octanol–water partition coefficient (Wildman–Crippen LogP) is 4.75. The molecule has 8 nitrogen and oxygen atoms in total. The molecule has 0 radical (unpaired) electrons. The van der Waals surface area contributed by atoms with Crippen molar-refractivity contribution in [1.29, 1.82) is 0 Å². The molecule has 2 heterocycles. The van der Waals surface area contributed by atoms with Gasteiger partial charge in [0.1, 0.15) is 11.5 Å². The Balaban J connectivity index is 1.32. The summed E-state index contributed by atoms with van der Waals surface area (Å²) in [4.78, 5) is 29.9. The number of aromatic nitrogens is 1. The van der Waals surface area contributed by atoms with Gasteiger partial charge in [0, 0.05) is 24.6 Å². The third kappa shape index (κ3) is 6.01. The molecule has 1 amide bonds. The van der Waals surface area contributed by atoms with Gasteiger partial charge in [-0.15, -0.1) is 0 Å². The van der Waals surface area contributed by atoms with Gasteiger partial charge in [0.05, 0.1) is 24.8 Å². The van der Waals surface area contributed by atoms with Crippen LogP contribution >= 0.6 is 0 Å². The van der Waals surface area contributed by atoms with Crippen LogP contribution in [0, 0.1) is 12.8 Å². The van der Waals surface area contributed by atoms with E-state index in [-0.39, 0.29) is 19.2 Å². The third-order valence-corrected chi connectivity index (χ3v) is 6.18. The van der Waals surface area contributed by atoms with E-state index in [0.29, 0.717) is 31.8 Å². The molecule has 1 N–H and O–H groups in total. The molecule has 8 heteroatoms. The van der Waals surface area contributed by atoms with E-state index in [4.69, 9.17) is 13.9 Å². The van der Waals surface area contributed by atoms with E-state index in [1.807, 2.05) is 61.5 Å². The standard InChI is InChI=1S/C27H30N2O6/c1-3-33-27(32)29-17-21(26(30)31)16-22(29)15-19-9-11-23(12-10-19)34-14-13-24-18(2)35-25(28-24)20-7-5-4-6-8-20/h4-12,21-22H,3,13-17H2,1-2H3,(H,30,31)/t21-,22+/m0/s1. The van der Waals surface area contributed by atoms with E-state index in [1.54, 1.807) is 6.92 Å². The summed E-state index contributed by atoms with van der Waals surface area (Å²) in [6.07, 6.45) is 1.13. The molecule has 184 valence electrons. The highest BCUT2D eigenvalue weighted by atomic mass is 16.6. The number of likely N-dealkylation sites (tertiary alicyclic amines) is 1. The zero-order valence-corrected chi connectivity index (χ0v) is 20.0. The number of carboxylic acid groups (broad SMARTS) is 1. The lowest BCUT2D eigenvalue weighted by Gasteiger charge is -2.23. The number of carbonyl (C=O) groups is 2. The van der Waals surface area contributed by atoms with Gasteiger partial charge in [-0.25, -0.2) is 9.78 Å². The lowest BCUT2D eigenvalue weighted by Crippen LogP contribution is -2.37. The van der Waals surface area contributed by atoms with Crippen LogP contribution in [0.3, 0.4) is 0 Å². The van der Waals surface area contributed by atoms with Crippen molar-refractivity contribution in [2.24, 2.45) is 5.92 Å². The maximum Gasteiger partial charge on any atom is 0.410 e. The highest BCUT2D eigenvalue weighted by molar-refractivity contribution is 5.74. The largest absolute Gasteiger partial charge is 0.493 e. The Labute approximate surface area is 204 Å². The van der Waals surface area contributed by atoms with Crippen LogP contribution in [0.4, 0.5) is 4.79 Å². The minimum absolute atomic E-state index is 0.174. The number of carbonyl (C=O) groups excluding carboxylic acids is 1. The van der Waals surface area contributed by atoms with Crippen molar-refractivity contribution in [3.8, 4) is 17.2 Å². The highest BCUT2D eigenvalue weighted by Gasteiger charge is 2.39. The van der Waals surface area contributed by atoms with Gasteiger partial charge in [0.25, 0.3) is 0 Å². The number of rotatable bonds is 9. The number of benzene rings is 2. The molecule has 0 unspecified atom stereocenters. The first-order chi connectivity index (χ1) is 16.9. The number of amides is 1. The smallest absolute Gasteiger partial charge is 0.410 e. The van der Waals surface area contributed by atoms with E-state index >= 15 is 0 Å². The number of nitrogens with zero attached hydrogens (tertiary/aromatic N) is 2. The zero-order chi connectivity index (χ0) is 24.8. The second kappa shape index (κ2) is 11.1. The Kier molecular flexibility index (Phi) is 7.70. The number of hydrogen-bond acceptors (Lipinski definition) is 6. The van der Waals surface area contributed by atoms with Gasteiger partial charge in [0.2, 0.25) is 5.89 Å².